The van der Waals surface area contributed by atoms with E-state index in [0.29, 0.717) is 12.0 Å². The monoisotopic (exact) mass is 472 g/mol. The molecule has 1 saturated heterocycles. The lowest BCUT2D eigenvalue weighted by Crippen LogP contribution is -2.44. The number of nitrogens with one attached hydrogen (secondary N) is 2. The van der Waals surface area contributed by atoms with Crippen LogP contribution in [-0.4, -0.2) is 57.8 Å². The van der Waals surface area contributed by atoms with Crippen molar-refractivity contribution in [3.8, 4) is 0 Å². The van der Waals surface area contributed by atoms with Crippen LogP contribution in [0.2, 0.25) is 0 Å². The fourth-order valence-corrected chi connectivity index (χ4v) is 5.08. The Kier molecular flexibility index (Phi) is 8.75. The molecule has 0 bridgehead atoms. The van der Waals surface area contributed by atoms with E-state index in [0.717, 1.165) is 19.0 Å². The van der Waals surface area contributed by atoms with Gasteiger partial charge in [0.25, 0.3) is 0 Å². The molecule has 0 aromatic carbocycles. The molecule has 2 N–H and O–H groups in total. The van der Waals surface area contributed by atoms with Gasteiger partial charge >= 0.3 is 0 Å². The number of rotatable bonds is 5. The lowest BCUT2D eigenvalue weighted by Gasteiger charge is -2.33. The molecule has 2 rings (SSSR count). The lowest BCUT2D eigenvalue weighted by atomic mass is 9.73. The number of guanidine groups is 1. The molecule has 1 aliphatic carbocycles. The Balaban J connectivity index is 0.00000288. The third kappa shape index (κ3) is 6.33. The van der Waals surface area contributed by atoms with Gasteiger partial charge in [0.2, 0.25) is 10.0 Å². The fraction of sp³-hybridized carbons (Fsp3) is 0.938. The van der Waals surface area contributed by atoms with Gasteiger partial charge in [-0.3, -0.25) is 4.99 Å². The highest BCUT2D eigenvalue weighted by Crippen LogP contribution is 2.43. The van der Waals surface area contributed by atoms with E-state index in [1.54, 1.807) is 7.05 Å². The van der Waals surface area contributed by atoms with Crippen LogP contribution in [0, 0.1) is 5.41 Å². The van der Waals surface area contributed by atoms with E-state index in [9.17, 15) is 8.42 Å². The van der Waals surface area contributed by atoms with Crippen LogP contribution in [0.1, 0.15) is 52.4 Å². The average molecular weight is 472 g/mol. The lowest BCUT2D eigenvalue weighted by molar-refractivity contribution is 0.203. The zero-order valence-corrected chi connectivity index (χ0v) is 18.3. The van der Waals surface area contributed by atoms with Crippen molar-refractivity contribution in [3.05, 3.63) is 0 Å². The Hall–Kier alpha value is -0.0900. The number of likely N-dealkylation sites (tertiary alicyclic amines) is 1. The second-order valence-electron chi connectivity index (χ2n) is 7.30. The van der Waals surface area contributed by atoms with Gasteiger partial charge in [-0.1, -0.05) is 19.3 Å². The molecule has 0 radical (unpaired) electrons. The number of halogens is 1. The SMILES string of the molecule is CN=C(NCCS(=O)(=O)NC(C)C)N1CCC2(CCCCC2)C1.I. The van der Waals surface area contributed by atoms with Crippen molar-refractivity contribution in [1.82, 2.24) is 14.9 Å². The van der Waals surface area contributed by atoms with Gasteiger partial charge < -0.3 is 10.2 Å². The highest BCUT2D eigenvalue weighted by Gasteiger charge is 2.39. The minimum Gasteiger partial charge on any atom is -0.355 e. The zero-order chi connectivity index (χ0) is 16.9. The molecule has 1 spiro atoms. The predicted octanol–water partition coefficient (Wildman–Crippen LogP) is 2.16. The van der Waals surface area contributed by atoms with Gasteiger partial charge in [0, 0.05) is 32.7 Å². The highest BCUT2D eigenvalue weighted by atomic mass is 127. The summed E-state index contributed by atoms with van der Waals surface area (Å²) in [5.74, 6) is 0.913. The molecule has 2 fully saturated rings. The van der Waals surface area contributed by atoms with Crippen LogP contribution in [0.4, 0.5) is 0 Å². The summed E-state index contributed by atoms with van der Waals surface area (Å²) in [4.78, 5) is 6.64. The molecule has 0 atom stereocenters. The normalized spacial score (nSPS) is 21.2. The second-order valence-corrected chi connectivity index (χ2v) is 9.17. The summed E-state index contributed by atoms with van der Waals surface area (Å²) >= 11 is 0. The molecular weight excluding hydrogens is 439 g/mol. The first-order valence-corrected chi connectivity index (χ1v) is 10.5. The first-order chi connectivity index (χ1) is 10.9. The summed E-state index contributed by atoms with van der Waals surface area (Å²) in [5, 5.41) is 3.22. The van der Waals surface area contributed by atoms with Crippen molar-refractivity contribution in [1.29, 1.82) is 0 Å². The summed E-state index contributed by atoms with van der Waals surface area (Å²) in [5.41, 5.74) is 0.473. The molecule has 0 unspecified atom stereocenters. The van der Waals surface area contributed by atoms with Crippen LogP contribution < -0.4 is 10.0 Å². The summed E-state index contributed by atoms with van der Waals surface area (Å²) in [6, 6.07) is -0.0657. The zero-order valence-electron chi connectivity index (χ0n) is 15.2. The summed E-state index contributed by atoms with van der Waals surface area (Å²) in [6.07, 6.45) is 7.95. The second kappa shape index (κ2) is 9.56. The van der Waals surface area contributed by atoms with Crippen LogP contribution in [0.15, 0.2) is 4.99 Å². The van der Waals surface area contributed by atoms with E-state index in [2.05, 4.69) is 19.9 Å². The third-order valence-corrected chi connectivity index (χ3v) is 6.51. The van der Waals surface area contributed by atoms with Gasteiger partial charge in [-0.2, -0.15) is 0 Å². The summed E-state index contributed by atoms with van der Waals surface area (Å²) in [7, 11) is -1.45. The molecule has 1 aliphatic heterocycles. The van der Waals surface area contributed by atoms with Crippen molar-refractivity contribution >= 4 is 40.0 Å². The molecule has 1 heterocycles. The van der Waals surface area contributed by atoms with Crippen molar-refractivity contribution in [2.75, 3.05) is 32.4 Å². The van der Waals surface area contributed by atoms with E-state index in [-0.39, 0.29) is 35.8 Å². The van der Waals surface area contributed by atoms with Gasteiger partial charge in [-0.05, 0) is 38.5 Å². The quantitative estimate of drug-likeness (QED) is 0.366. The molecule has 2 aliphatic rings. The van der Waals surface area contributed by atoms with Gasteiger partial charge in [0.1, 0.15) is 0 Å². The molecule has 0 aromatic heterocycles. The van der Waals surface area contributed by atoms with Crippen molar-refractivity contribution in [3.63, 3.8) is 0 Å². The minimum absolute atomic E-state index is 0. The molecule has 142 valence electrons. The van der Waals surface area contributed by atoms with E-state index in [1.165, 1.54) is 38.5 Å². The maximum atomic E-state index is 11.9. The Bertz CT molecular complexity index is 516. The standard InChI is InChI=1S/C16H32N4O2S.HI/c1-14(2)19-23(21,22)12-10-18-15(17-3)20-11-9-16(13-20)7-5-4-6-8-16;/h14,19H,4-13H2,1-3H3,(H,17,18);1H. The van der Waals surface area contributed by atoms with Gasteiger partial charge in [-0.25, -0.2) is 13.1 Å². The van der Waals surface area contributed by atoms with Crippen molar-refractivity contribution in [2.24, 2.45) is 10.4 Å². The van der Waals surface area contributed by atoms with Crippen LogP contribution in [0.5, 0.6) is 0 Å². The number of nitrogens with zero attached hydrogens (tertiary/aromatic N) is 2. The molecule has 24 heavy (non-hydrogen) atoms. The number of hydrogen-bond donors (Lipinski definition) is 2. The summed E-state index contributed by atoms with van der Waals surface area (Å²) in [6.45, 7) is 6.13. The topological polar surface area (TPSA) is 73.8 Å². The van der Waals surface area contributed by atoms with Crippen molar-refractivity contribution in [2.45, 2.75) is 58.4 Å². The van der Waals surface area contributed by atoms with Gasteiger partial charge in [0.05, 0.1) is 5.75 Å². The molecular formula is C16H33IN4O2S. The van der Waals surface area contributed by atoms with Crippen LogP contribution in [0.25, 0.3) is 0 Å². The molecule has 6 nitrogen and oxygen atoms in total. The first kappa shape index (κ1) is 22.0. The predicted molar refractivity (Wildman–Crippen MR) is 111 cm³/mol. The minimum atomic E-state index is -3.22. The molecule has 0 amide bonds. The third-order valence-electron chi connectivity index (χ3n) is 4.93. The van der Waals surface area contributed by atoms with E-state index >= 15 is 0 Å². The van der Waals surface area contributed by atoms with Gasteiger partial charge in [-0.15, -0.1) is 24.0 Å². The van der Waals surface area contributed by atoms with Gasteiger partial charge in [0.15, 0.2) is 5.96 Å². The van der Waals surface area contributed by atoms with Crippen LogP contribution in [0.3, 0.4) is 0 Å². The number of sulfonamides is 1. The molecule has 1 saturated carbocycles. The maximum absolute atomic E-state index is 11.9. The molecule has 0 aromatic rings. The maximum Gasteiger partial charge on any atom is 0.213 e. The number of hydrogen-bond acceptors (Lipinski definition) is 3. The van der Waals surface area contributed by atoms with Crippen molar-refractivity contribution < 1.29 is 8.42 Å². The largest absolute Gasteiger partial charge is 0.355 e. The van der Waals surface area contributed by atoms with Crippen LogP contribution in [-0.2, 0) is 10.0 Å². The number of aliphatic imine (C=N–C) groups is 1. The average Bonchev–Trinajstić information content (AvgIpc) is 2.86. The fourth-order valence-electron chi connectivity index (χ4n) is 3.87. The Morgan fingerprint density at radius 2 is 1.88 bits per heavy atom. The Morgan fingerprint density at radius 1 is 1.21 bits per heavy atom. The summed E-state index contributed by atoms with van der Waals surface area (Å²) < 4.78 is 26.3. The Labute approximate surface area is 164 Å². The smallest absolute Gasteiger partial charge is 0.213 e. The van der Waals surface area contributed by atoms with E-state index in [4.69, 9.17) is 0 Å². The van der Waals surface area contributed by atoms with Crippen LogP contribution >= 0.6 is 24.0 Å². The van der Waals surface area contributed by atoms with E-state index < -0.39 is 10.0 Å². The highest BCUT2D eigenvalue weighted by molar-refractivity contribution is 14.0. The molecule has 8 heteroatoms. The van der Waals surface area contributed by atoms with E-state index in [1.807, 2.05) is 13.8 Å². The Morgan fingerprint density at radius 3 is 2.46 bits per heavy atom. The first-order valence-electron chi connectivity index (χ1n) is 8.81.